The monoisotopic (exact) mass is 524 g/mol. The number of ether oxygens (including phenoxy) is 2. The van der Waals surface area contributed by atoms with E-state index in [-0.39, 0.29) is 30.2 Å². The fraction of sp³-hybridized carbons (Fsp3) is 0.379. The summed E-state index contributed by atoms with van der Waals surface area (Å²) in [5, 5.41) is 3.77. The lowest BCUT2D eigenvalue weighted by atomic mass is 9.94. The third-order valence-electron chi connectivity index (χ3n) is 6.78. The van der Waals surface area contributed by atoms with Gasteiger partial charge in [0.25, 0.3) is 5.91 Å². The van der Waals surface area contributed by atoms with E-state index in [1.165, 1.54) is 12.7 Å². The van der Waals surface area contributed by atoms with Gasteiger partial charge in [-0.25, -0.2) is 0 Å². The van der Waals surface area contributed by atoms with E-state index < -0.39 is 6.04 Å². The zero-order chi connectivity index (χ0) is 26.2. The summed E-state index contributed by atoms with van der Waals surface area (Å²) in [6, 6.07) is 15.2. The smallest absolute Gasteiger partial charge is 0.290 e. The second-order valence-electron chi connectivity index (χ2n) is 9.21. The Kier molecular flexibility index (Phi) is 9.12. The Morgan fingerprint density at radius 1 is 1.03 bits per heavy atom. The molecule has 0 aliphatic heterocycles. The van der Waals surface area contributed by atoms with Crippen molar-refractivity contribution >= 4 is 23.4 Å². The molecule has 0 unspecified atom stereocenters. The molecule has 0 bridgehead atoms. The van der Waals surface area contributed by atoms with Gasteiger partial charge in [-0.3, -0.25) is 9.59 Å². The van der Waals surface area contributed by atoms with Crippen LogP contribution in [0.25, 0.3) is 0 Å². The number of furan rings is 1. The van der Waals surface area contributed by atoms with E-state index in [2.05, 4.69) is 5.32 Å². The molecule has 1 saturated carbocycles. The van der Waals surface area contributed by atoms with Gasteiger partial charge in [-0.2, -0.15) is 0 Å². The molecule has 196 valence electrons. The molecule has 1 N–H and O–H groups in total. The first-order valence-electron chi connectivity index (χ1n) is 12.6. The van der Waals surface area contributed by atoms with Crippen LogP contribution in [0.2, 0.25) is 5.02 Å². The van der Waals surface area contributed by atoms with Crippen molar-refractivity contribution in [3.05, 3.63) is 82.8 Å². The number of halogens is 1. The average Bonchev–Trinajstić information content (AvgIpc) is 3.47. The summed E-state index contributed by atoms with van der Waals surface area (Å²) >= 11 is 6.15. The SMILES string of the molecule is COc1ccc(CCN(C(=O)c2ccco2)[C@H](C(=O)NC2CCCCC2)c2ccc(Cl)cc2)cc1OC. The normalized spacial score (nSPS) is 14.6. The zero-order valence-corrected chi connectivity index (χ0v) is 22.0. The number of carbonyl (C=O) groups excluding carboxylic acids is 2. The zero-order valence-electron chi connectivity index (χ0n) is 21.2. The fourth-order valence-electron chi connectivity index (χ4n) is 4.82. The minimum absolute atomic E-state index is 0.0995. The Morgan fingerprint density at radius 3 is 2.41 bits per heavy atom. The third-order valence-corrected chi connectivity index (χ3v) is 7.03. The first-order valence-corrected chi connectivity index (χ1v) is 13.0. The van der Waals surface area contributed by atoms with Crippen LogP contribution >= 0.6 is 11.6 Å². The molecule has 3 aromatic rings. The van der Waals surface area contributed by atoms with Crippen LogP contribution in [0.4, 0.5) is 0 Å². The quantitative estimate of drug-likeness (QED) is 0.361. The highest BCUT2D eigenvalue weighted by molar-refractivity contribution is 6.30. The molecular formula is C29H33ClN2O5. The molecule has 0 spiro atoms. The Morgan fingerprint density at radius 2 is 1.76 bits per heavy atom. The summed E-state index contributed by atoms with van der Waals surface area (Å²) < 4.78 is 16.2. The number of methoxy groups -OCH3 is 2. The van der Waals surface area contributed by atoms with Crippen molar-refractivity contribution in [2.24, 2.45) is 0 Å². The summed E-state index contributed by atoms with van der Waals surface area (Å²) in [6.07, 6.45) is 7.19. The molecule has 1 atom stereocenters. The van der Waals surface area contributed by atoms with Gasteiger partial charge in [0.1, 0.15) is 6.04 Å². The number of amides is 2. The lowest BCUT2D eigenvalue weighted by Crippen LogP contribution is -2.47. The van der Waals surface area contributed by atoms with Gasteiger partial charge in [0, 0.05) is 17.6 Å². The lowest BCUT2D eigenvalue weighted by Gasteiger charge is -2.33. The maximum atomic E-state index is 13.8. The molecule has 0 radical (unpaired) electrons. The van der Waals surface area contributed by atoms with Crippen LogP contribution < -0.4 is 14.8 Å². The largest absolute Gasteiger partial charge is 0.493 e. The Bertz CT molecular complexity index is 1170. The minimum Gasteiger partial charge on any atom is -0.493 e. The molecule has 7 nitrogen and oxygen atoms in total. The van der Waals surface area contributed by atoms with E-state index in [0.717, 1.165) is 31.2 Å². The molecular weight excluding hydrogens is 492 g/mol. The van der Waals surface area contributed by atoms with Crippen LogP contribution in [0.1, 0.15) is 59.8 Å². The fourth-order valence-corrected chi connectivity index (χ4v) is 4.95. The van der Waals surface area contributed by atoms with Crippen LogP contribution in [0.15, 0.2) is 65.3 Å². The van der Waals surface area contributed by atoms with E-state index in [1.807, 2.05) is 18.2 Å². The first kappa shape index (κ1) is 26.6. The number of benzene rings is 2. The first-order chi connectivity index (χ1) is 18.0. The molecule has 1 aliphatic rings. The van der Waals surface area contributed by atoms with E-state index >= 15 is 0 Å². The maximum Gasteiger partial charge on any atom is 0.290 e. The van der Waals surface area contributed by atoms with Crippen molar-refractivity contribution in [1.29, 1.82) is 0 Å². The van der Waals surface area contributed by atoms with Gasteiger partial charge >= 0.3 is 0 Å². The molecule has 1 heterocycles. The molecule has 1 aliphatic carbocycles. The van der Waals surface area contributed by atoms with Crippen molar-refractivity contribution in [3.8, 4) is 11.5 Å². The van der Waals surface area contributed by atoms with Gasteiger partial charge in [-0.15, -0.1) is 0 Å². The van der Waals surface area contributed by atoms with E-state index in [9.17, 15) is 9.59 Å². The number of carbonyl (C=O) groups is 2. The minimum atomic E-state index is -0.850. The van der Waals surface area contributed by atoms with Gasteiger partial charge < -0.3 is 24.1 Å². The highest BCUT2D eigenvalue weighted by Gasteiger charge is 2.34. The Labute approximate surface area is 222 Å². The maximum absolute atomic E-state index is 13.8. The van der Waals surface area contributed by atoms with Crippen LogP contribution in [0.3, 0.4) is 0 Å². The predicted molar refractivity (Wildman–Crippen MR) is 142 cm³/mol. The second kappa shape index (κ2) is 12.7. The highest BCUT2D eigenvalue weighted by Crippen LogP contribution is 2.30. The number of nitrogens with zero attached hydrogens (tertiary/aromatic N) is 1. The summed E-state index contributed by atoms with van der Waals surface area (Å²) in [4.78, 5) is 29.1. The Hall–Kier alpha value is -3.45. The lowest BCUT2D eigenvalue weighted by molar-refractivity contribution is -0.126. The van der Waals surface area contributed by atoms with E-state index in [0.29, 0.717) is 28.5 Å². The van der Waals surface area contributed by atoms with Gasteiger partial charge in [0.15, 0.2) is 17.3 Å². The van der Waals surface area contributed by atoms with Gasteiger partial charge in [0.05, 0.1) is 20.5 Å². The predicted octanol–water partition coefficient (Wildman–Crippen LogP) is 5.83. The third kappa shape index (κ3) is 6.66. The number of hydrogen-bond acceptors (Lipinski definition) is 5. The number of nitrogens with one attached hydrogen (secondary N) is 1. The van der Waals surface area contributed by atoms with E-state index in [1.54, 1.807) is 55.5 Å². The van der Waals surface area contributed by atoms with Crippen LogP contribution in [0.5, 0.6) is 11.5 Å². The average molecular weight is 525 g/mol. The van der Waals surface area contributed by atoms with Crippen molar-refractivity contribution in [2.45, 2.75) is 50.6 Å². The molecule has 1 fully saturated rings. The highest BCUT2D eigenvalue weighted by atomic mass is 35.5. The summed E-state index contributed by atoms with van der Waals surface area (Å²) in [5.41, 5.74) is 1.63. The summed E-state index contributed by atoms with van der Waals surface area (Å²) in [7, 11) is 3.17. The van der Waals surface area contributed by atoms with Crippen LogP contribution in [-0.2, 0) is 11.2 Å². The standard InChI is InChI=1S/C29H33ClN2O5/c1-35-24-15-10-20(19-26(24)36-2)16-17-32(29(34)25-9-6-18-37-25)27(21-11-13-22(30)14-12-21)28(33)31-23-7-4-3-5-8-23/h6,9-15,18-19,23,27H,3-5,7-8,16-17H2,1-2H3,(H,31,33)/t27-/m0/s1. The molecule has 4 rings (SSSR count). The van der Waals surface area contributed by atoms with Crippen molar-refractivity contribution < 1.29 is 23.5 Å². The Balaban J connectivity index is 1.67. The summed E-state index contributed by atoms with van der Waals surface area (Å²) in [6.45, 7) is 0.278. The molecule has 2 aromatic carbocycles. The number of hydrogen-bond donors (Lipinski definition) is 1. The van der Waals surface area contributed by atoms with Crippen LogP contribution in [0, 0.1) is 0 Å². The van der Waals surface area contributed by atoms with Crippen molar-refractivity contribution in [1.82, 2.24) is 10.2 Å². The molecule has 1 aromatic heterocycles. The number of rotatable bonds is 10. The molecule has 0 saturated heterocycles. The molecule has 8 heteroatoms. The van der Waals surface area contributed by atoms with Crippen molar-refractivity contribution in [2.75, 3.05) is 20.8 Å². The second-order valence-corrected chi connectivity index (χ2v) is 9.65. The molecule has 2 amide bonds. The van der Waals surface area contributed by atoms with Crippen LogP contribution in [-0.4, -0.2) is 43.5 Å². The van der Waals surface area contributed by atoms with E-state index in [4.69, 9.17) is 25.5 Å². The summed E-state index contributed by atoms with van der Waals surface area (Å²) in [5.74, 6) is 0.844. The molecule has 37 heavy (non-hydrogen) atoms. The van der Waals surface area contributed by atoms with Gasteiger partial charge in [0.2, 0.25) is 5.91 Å². The topological polar surface area (TPSA) is 81.0 Å². The van der Waals surface area contributed by atoms with Gasteiger partial charge in [-0.1, -0.05) is 49.1 Å². The van der Waals surface area contributed by atoms with Crippen molar-refractivity contribution in [3.63, 3.8) is 0 Å². The van der Waals surface area contributed by atoms with Gasteiger partial charge in [-0.05, 0) is 66.8 Å².